The fourth-order valence-corrected chi connectivity index (χ4v) is 4.56. The van der Waals surface area contributed by atoms with Gasteiger partial charge in [0.1, 0.15) is 55.1 Å². The molecule has 12 nitrogen and oxygen atoms in total. The van der Waals surface area contributed by atoms with Crippen LogP contribution in [-0.2, 0) is 28.5 Å². The van der Waals surface area contributed by atoms with Crippen molar-refractivity contribution in [3.05, 3.63) is 59.2 Å². The standard InChI is InChI=1S/C31H44O12/c1-17(2)6-5-7-18(3)14-15-39-30-28(38)29(43-31-27(37)26(36)24(34)19(4)41-31)25(35)22(42-30)16-40-23(33)13-10-20-8-11-21(32)12-9-20/h6,8-14,19,22,24-32,34-38H,5,7,15-16H2,1-4H3. The third-order valence-corrected chi connectivity index (χ3v) is 7.22. The molecule has 43 heavy (non-hydrogen) atoms. The number of allylic oxidation sites excluding steroid dienone is 3. The topological polar surface area (TPSA) is 185 Å². The van der Waals surface area contributed by atoms with Crippen LogP contribution in [0.3, 0.4) is 0 Å². The van der Waals surface area contributed by atoms with Crippen LogP contribution < -0.4 is 0 Å². The van der Waals surface area contributed by atoms with E-state index in [9.17, 15) is 35.4 Å². The predicted molar refractivity (Wildman–Crippen MR) is 154 cm³/mol. The van der Waals surface area contributed by atoms with E-state index in [4.69, 9.17) is 23.7 Å². The SMILES string of the molecule is CC(C)=CCCC(C)=CCOC1OC(COC(=O)C=Cc2ccc(O)cc2)C(O)C(OC2OC(C)C(O)C(O)C2O)C1O. The van der Waals surface area contributed by atoms with E-state index in [1.165, 1.54) is 36.8 Å². The zero-order chi connectivity index (χ0) is 31.7. The molecule has 12 heteroatoms. The monoisotopic (exact) mass is 608 g/mol. The molecule has 0 radical (unpaired) electrons. The second-order valence-corrected chi connectivity index (χ2v) is 11.1. The Hall–Kier alpha value is -2.65. The van der Waals surface area contributed by atoms with Crippen LogP contribution in [0.15, 0.2) is 53.6 Å². The van der Waals surface area contributed by atoms with Gasteiger partial charge in [0.2, 0.25) is 0 Å². The molecule has 10 unspecified atom stereocenters. The van der Waals surface area contributed by atoms with Crippen molar-refractivity contribution >= 4 is 12.0 Å². The number of phenols is 1. The molecule has 2 saturated heterocycles. The lowest BCUT2D eigenvalue weighted by Gasteiger charge is -2.45. The molecule has 2 aliphatic heterocycles. The van der Waals surface area contributed by atoms with Gasteiger partial charge in [0.15, 0.2) is 12.6 Å². The highest BCUT2D eigenvalue weighted by molar-refractivity contribution is 5.87. The highest BCUT2D eigenvalue weighted by Gasteiger charge is 2.50. The maximum Gasteiger partial charge on any atom is 0.330 e. The van der Waals surface area contributed by atoms with Crippen LogP contribution in [-0.4, -0.2) is 111 Å². The number of aliphatic hydroxyl groups is 5. The van der Waals surface area contributed by atoms with Crippen molar-refractivity contribution in [3.8, 4) is 5.75 Å². The van der Waals surface area contributed by atoms with Gasteiger partial charge in [-0.2, -0.15) is 0 Å². The van der Waals surface area contributed by atoms with Gasteiger partial charge in [0.25, 0.3) is 0 Å². The molecule has 0 aliphatic carbocycles. The summed E-state index contributed by atoms with van der Waals surface area (Å²) >= 11 is 0. The van der Waals surface area contributed by atoms with E-state index in [1.807, 2.05) is 26.8 Å². The predicted octanol–water partition coefficient (Wildman–Crippen LogP) is 1.32. The van der Waals surface area contributed by atoms with Gasteiger partial charge in [-0.3, -0.25) is 0 Å². The molecule has 2 aliphatic rings. The van der Waals surface area contributed by atoms with Crippen molar-refractivity contribution in [3.63, 3.8) is 0 Å². The number of hydrogen-bond acceptors (Lipinski definition) is 12. The molecular formula is C31H44O12. The Morgan fingerprint density at radius 3 is 2.26 bits per heavy atom. The molecule has 1 aromatic carbocycles. The van der Waals surface area contributed by atoms with Crippen LogP contribution in [0, 0.1) is 0 Å². The number of phenolic OH excluding ortho intramolecular Hbond substituents is 1. The van der Waals surface area contributed by atoms with Crippen molar-refractivity contribution < 1.29 is 59.1 Å². The van der Waals surface area contributed by atoms with Crippen LogP contribution in [0.4, 0.5) is 0 Å². The van der Waals surface area contributed by atoms with Crippen LogP contribution in [0.2, 0.25) is 0 Å². The summed E-state index contributed by atoms with van der Waals surface area (Å²) in [6.07, 6.45) is -5.88. The first-order chi connectivity index (χ1) is 20.4. The number of hydrogen-bond donors (Lipinski definition) is 6. The number of benzene rings is 1. The van der Waals surface area contributed by atoms with E-state index in [0.29, 0.717) is 5.56 Å². The molecule has 0 aromatic heterocycles. The molecular weight excluding hydrogens is 564 g/mol. The quantitative estimate of drug-likeness (QED) is 0.114. The van der Waals surface area contributed by atoms with E-state index in [0.717, 1.165) is 18.4 Å². The Kier molecular flexibility index (Phi) is 13.3. The summed E-state index contributed by atoms with van der Waals surface area (Å²) in [6, 6.07) is 6.15. The minimum Gasteiger partial charge on any atom is -0.508 e. The number of carbonyl (C=O) groups is 1. The van der Waals surface area contributed by atoms with Gasteiger partial charge < -0.3 is 54.3 Å². The van der Waals surface area contributed by atoms with E-state index < -0.39 is 74.0 Å². The largest absolute Gasteiger partial charge is 0.508 e. The lowest BCUT2D eigenvalue weighted by Crippen LogP contribution is -2.64. The van der Waals surface area contributed by atoms with Crippen molar-refractivity contribution in [1.29, 1.82) is 0 Å². The van der Waals surface area contributed by atoms with Gasteiger partial charge in [-0.05, 0) is 64.3 Å². The molecule has 3 rings (SSSR count). The normalized spacial score (nSPS) is 33.4. The third kappa shape index (κ3) is 10.2. The number of aromatic hydroxyl groups is 1. The zero-order valence-corrected chi connectivity index (χ0v) is 24.9. The van der Waals surface area contributed by atoms with E-state index in [-0.39, 0.29) is 12.4 Å². The molecule has 2 heterocycles. The minimum absolute atomic E-state index is 0.0670. The van der Waals surface area contributed by atoms with Crippen LogP contribution >= 0.6 is 0 Å². The number of aliphatic hydroxyl groups excluding tert-OH is 5. The molecule has 1 aromatic rings. The Balaban J connectivity index is 1.69. The summed E-state index contributed by atoms with van der Waals surface area (Å²) in [5.41, 5.74) is 2.92. The van der Waals surface area contributed by atoms with Gasteiger partial charge in [-0.1, -0.05) is 35.4 Å². The minimum atomic E-state index is -1.68. The summed E-state index contributed by atoms with van der Waals surface area (Å²) in [4.78, 5) is 12.4. The highest BCUT2D eigenvalue weighted by atomic mass is 16.7. The average Bonchev–Trinajstić information content (AvgIpc) is 2.96. The van der Waals surface area contributed by atoms with Crippen molar-refractivity contribution in [2.45, 2.75) is 102 Å². The molecule has 0 saturated carbocycles. The molecule has 6 N–H and O–H groups in total. The molecule has 0 spiro atoms. The number of esters is 1. The Labute approximate surface area is 251 Å². The van der Waals surface area contributed by atoms with Crippen molar-refractivity contribution in [2.24, 2.45) is 0 Å². The van der Waals surface area contributed by atoms with E-state index in [2.05, 4.69) is 6.08 Å². The van der Waals surface area contributed by atoms with Crippen LogP contribution in [0.5, 0.6) is 5.75 Å². The average molecular weight is 609 g/mol. The summed E-state index contributed by atoms with van der Waals surface area (Å²) in [7, 11) is 0. The van der Waals surface area contributed by atoms with Gasteiger partial charge >= 0.3 is 5.97 Å². The summed E-state index contributed by atoms with van der Waals surface area (Å²) in [5, 5.41) is 62.1. The lowest BCUT2D eigenvalue weighted by molar-refractivity contribution is -0.356. The van der Waals surface area contributed by atoms with E-state index in [1.54, 1.807) is 12.1 Å². The first kappa shape index (κ1) is 34.8. The Morgan fingerprint density at radius 2 is 1.58 bits per heavy atom. The maximum atomic E-state index is 12.4. The fourth-order valence-electron chi connectivity index (χ4n) is 4.56. The summed E-state index contributed by atoms with van der Waals surface area (Å²) < 4.78 is 28.1. The van der Waals surface area contributed by atoms with Gasteiger partial charge in [-0.15, -0.1) is 0 Å². The Morgan fingerprint density at radius 1 is 0.884 bits per heavy atom. The molecule has 0 bridgehead atoms. The lowest BCUT2D eigenvalue weighted by atomic mass is 9.97. The second kappa shape index (κ2) is 16.4. The Bertz CT molecular complexity index is 1110. The van der Waals surface area contributed by atoms with Crippen LogP contribution in [0.25, 0.3) is 6.08 Å². The van der Waals surface area contributed by atoms with Gasteiger partial charge in [0, 0.05) is 6.08 Å². The second-order valence-electron chi connectivity index (χ2n) is 11.1. The summed E-state index contributed by atoms with van der Waals surface area (Å²) in [6.45, 7) is 7.11. The first-order valence-electron chi connectivity index (χ1n) is 14.3. The highest BCUT2D eigenvalue weighted by Crippen LogP contribution is 2.30. The number of ether oxygens (including phenoxy) is 5. The van der Waals surface area contributed by atoms with Gasteiger partial charge in [-0.25, -0.2) is 4.79 Å². The van der Waals surface area contributed by atoms with Crippen molar-refractivity contribution in [1.82, 2.24) is 0 Å². The first-order valence-corrected chi connectivity index (χ1v) is 14.3. The van der Waals surface area contributed by atoms with E-state index >= 15 is 0 Å². The zero-order valence-electron chi connectivity index (χ0n) is 24.9. The fraction of sp³-hybridized carbons (Fsp3) is 0.581. The maximum absolute atomic E-state index is 12.4. The smallest absolute Gasteiger partial charge is 0.330 e. The molecule has 240 valence electrons. The van der Waals surface area contributed by atoms with Gasteiger partial charge in [0.05, 0.1) is 12.7 Å². The molecule has 10 atom stereocenters. The molecule has 0 amide bonds. The number of carbonyl (C=O) groups excluding carboxylic acids is 1. The third-order valence-electron chi connectivity index (χ3n) is 7.22. The van der Waals surface area contributed by atoms with Crippen LogP contribution in [0.1, 0.15) is 46.1 Å². The summed E-state index contributed by atoms with van der Waals surface area (Å²) in [5.74, 6) is -0.656. The molecule has 2 fully saturated rings. The van der Waals surface area contributed by atoms with Crippen molar-refractivity contribution in [2.75, 3.05) is 13.2 Å². The number of rotatable bonds is 12.